The van der Waals surface area contributed by atoms with Crippen LogP contribution in [0.15, 0.2) is 11.8 Å². The number of piperazine rings is 1. The van der Waals surface area contributed by atoms with E-state index in [1.165, 1.54) is 5.70 Å². The Morgan fingerprint density at radius 1 is 1.23 bits per heavy atom. The van der Waals surface area contributed by atoms with Gasteiger partial charge < -0.3 is 10.2 Å². The van der Waals surface area contributed by atoms with Gasteiger partial charge in [0.15, 0.2) is 5.78 Å². The highest BCUT2D eigenvalue weighted by atomic mass is 16.1. The highest BCUT2D eigenvalue weighted by Crippen LogP contribution is 2.18. The smallest absolute Gasteiger partial charge is 0.157 e. The topological polar surface area (TPSA) is 32.3 Å². The largest absolute Gasteiger partial charge is 0.372 e. The first-order valence-corrected chi connectivity index (χ1v) is 5.05. The Kier molecular flexibility index (Phi) is 2.64. The van der Waals surface area contributed by atoms with Crippen molar-refractivity contribution in [2.24, 2.45) is 0 Å². The molecule has 0 bridgehead atoms. The van der Waals surface area contributed by atoms with Crippen molar-refractivity contribution in [3.63, 3.8) is 0 Å². The van der Waals surface area contributed by atoms with Gasteiger partial charge in [0.05, 0.1) is 0 Å². The van der Waals surface area contributed by atoms with Crippen LogP contribution in [0.25, 0.3) is 0 Å². The van der Waals surface area contributed by atoms with E-state index in [0.717, 1.165) is 45.4 Å². The van der Waals surface area contributed by atoms with Crippen molar-refractivity contribution >= 4 is 5.78 Å². The Morgan fingerprint density at radius 2 is 2.00 bits per heavy atom. The Hall–Kier alpha value is -0.830. The van der Waals surface area contributed by atoms with Crippen LogP contribution in [0.4, 0.5) is 0 Å². The van der Waals surface area contributed by atoms with Gasteiger partial charge in [0.1, 0.15) is 0 Å². The van der Waals surface area contributed by atoms with Crippen molar-refractivity contribution in [2.75, 3.05) is 26.2 Å². The third-order valence-corrected chi connectivity index (χ3v) is 2.71. The summed E-state index contributed by atoms with van der Waals surface area (Å²) in [6.07, 6.45) is 4.71. The lowest BCUT2D eigenvalue weighted by Crippen LogP contribution is -2.43. The number of ketones is 1. The van der Waals surface area contributed by atoms with E-state index < -0.39 is 0 Å². The summed E-state index contributed by atoms with van der Waals surface area (Å²) in [4.78, 5) is 13.5. The summed E-state index contributed by atoms with van der Waals surface area (Å²) >= 11 is 0. The first-order chi connectivity index (χ1) is 6.36. The first kappa shape index (κ1) is 8.75. The SMILES string of the molecule is O=C1C=C(N2CCNCC2)CCC1. The zero-order chi connectivity index (χ0) is 9.10. The van der Waals surface area contributed by atoms with Crippen molar-refractivity contribution in [3.05, 3.63) is 11.8 Å². The van der Waals surface area contributed by atoms with Crippen LogP contribution in [-0.2, 0) is 4.79 Å². The maximum absolute atomic E-state index is 11.2. The molecule has 1 saturated heterocycles. The molecule has 0 atom stereocenters. The van der Waals surface area contributed by atoms with Gasteiger partial charge in [-0.25, -0.2) is 0 Å². The molecule has 3 heteroatoms. The zero-order valence-electron chi connectivity index (χ0n) is 7.88. The van der Waals surface area contributed by atoms with Gasteiger partial charge in [-0.3, -0.25) is 4.79 Å². The van der Waals surface area contributed by atoms with Gasteiger partial charge in [-0.15, -0.1) is 0 Å². The maximum Gasteiger partial charge on any atom is 0.157 e. The second-order valence-corrected chi connectivity index (χ2v) is 3.69. The Labute approximate surface area is 78.8 Å². The molecule has 1 heterocycles. The highest BCUT2D eigenvalue weighted by Gasteiger charge is 2.17. The van der Waals surface area contributed by atoms with Crippen molar-refractivity contribution in [1.29, 1.82) is 0 Å². The average molecular weight is 180 g/mol. The lowest BCUT2D eigenvalue weighted by Gasteiger charge is -2.32. The number of carbonyl (C=O) groups is 1. The standard InChI is InChI=1S/C10H16N2O/c13-10-3-1-2-9(8-10)12-6-4-11-5-7-12/h8,11H,1-7H2. The van der Waals surface area contributed by atoms with Crippen LogP contribution in [0.1, 0.15) is 19.3 Å². The van der Waals surface area contributed by atoms with Gasteiger partial charge in [-0.05, 0) is 12.8 Å². The van der Waals surface area contributed by atoms with Gasteiger partial charge in [0, 0.05) is 44.4 Å². The average Bonchev–Trinajstić information content (AvgIpc) is 2.19. The van der Waals surface area contributed by atoms with Crippen LogP contribution in [-0.4, -0.2) is 36.9 Å². The first-order valence-electron chi connectivity index (χ1n) is 5.05. The van der Waals surface area contributed by atoms with E-state index >= 15 is 0 Å². The van der Waals surface area contributed by atoms with E-state index in [4.69, 9.17) is 0 Å². The maximum atomic E-state index is 11.2. The molecule has 13 heavy (non-hydrogen) atoms. The molecule has 3 nitrogen and oxygen atoms in total. The molecule has 0 aromatic carbocycles. The minimum Gasteiger partial charge on any atom is -0.372 e. The van der Waals surface area contributed by atoms with Crippen molar-refractivity contribution < 1.29 is 4.79 Å². The molecule has 0 aromatic heterocycles. The molecule has 1 N–H and O–H groups in total. The van der Waals surface area contributed by atoms with E-state index in [1.54, 1.807) is 0 Å². The minimum atomic E-state index is 0.305. The van der Waals surface area contributed by atoms with Gasteiger partial charge >= 0.3 is 0 Å². The molecular formula is C10H16N2O. The number of allylic oxidation sites excluding steroid dienone is 2. The van der Waals surface area contributed by atoms with Crippen LogP contribution >= 0.6 is 0 Å². The minimum absolute atomic E-state index is 0.305. The van der Waals surface area contributed by atoms with Crippen LogP contribution in [0.2, 0.25) is 0 Å². The Morgan fingerprint density at radius 3 is 2.69 bits per heavy atom. The zero-order valence-corrected chi connectivity index (χ0v) is 7.88. The number of hydrogen-bond acceptors (Lipinski definition) is 3. The summed E-state index contributed by atoms with van der Waals surface area (Å²) in [5.74, 6) is 0.305. The molecule has 0 unspecified atom stereocenters. The van der Waals surface area contributed by atoms with Gasteiger partial charge in [-0.2, -0.15) is 0 Å². The number of rotatable bonds is 1. The van der Waals surface area contributed by atoms with E-state index in [1.807, 2.05) is 6.08 Å². The molecule has 1 aliphatic heterocycles. The predicted octanol–water partition coefficient (Wildman–Crippen LogP) is 0.528. The second-order valence-electron chi connectivity index (χ2n) is 3.69. The van der Waals surface area contributed by atoms with Crippen LogP contribution in [0.3, 0.4) is 0 Å². The summed E-state index contributed by atoms with van der Waals surface area (Å²) < 4.78 is 0. The van der Waals surface area contributed by atoms with E-state index in [0.29, 0.717) is 5.78 Å². The monoisotopic (exact) mass is 180 g/mol. The third kappa shape index (κ3) is 2.10. The molecule has 0 radical (unpaired) electrons. The lowest BCUT2D eigenvalue weighted by atomic mass is 10.0. The summed E-state index contributed by atoms with van der Waals surface area (Å²) in [5.41, 5.74) is 1.26. The summed E-state index contributed by atoms with van der Waals surface area (Å²) in [6.45, 7) is 4.20. The Balaban J connectivity index is 2.01. The van der Waals surface area contributed by atoms with Crippen molar-refractivity contribution in [1.82, 2.24) is 10.2 Å². The summed E-state index contributed by atoms with van der Waals surface area (Å²) in [7, 11) is 0. The van der Waals surface area contributed by atoms with E-state index in [-0.39, 0.29) is 0 Å². The fourth-order valence-corrected chi connectivity index (χ4v) is 1.98. The molecule has 72 valence electrons. The summed E-state index contributed by atoms with van der Waals surface area (Å²) in [6, 6.07) is 0. The predicted molar refractivity (Wildman–Crippen MR) is 51.4 cm³/mol. The van der Waals surface area contributed by atoms with Crippen LogP contribution < -0.4 is 5.32 Å². The van der Waals surface area contributed by atoms with Gasteiger partial charge in [0.25, 0.3) is 0 Å². The molecule has 0 saturated carbocycles. The lowest BCUT2D eigenvalue weighted by molar-refractivity contribution is -0.115. The number of nitrogens with one attached hydrogen (secondary N) is 1. The second kappa shape index (κ2) is 3.92. The molecule has 0 spiro atoms. The van der Waals surface area contributed by atoms with E-state index in [9.17, 15) is 4.79 Å². The van der Waals surface area contributed by atoms with Crippen LogP contribution in [0.5, 0.6) is 0 Å². The number of carbonyl (C=O) groups excluding carboxylic acids is 1. The molecule has 1 fully saturated rings. The molecule has 2 rings (SSSR count). The number of hydrogen-bond donors (Lipinski definition) is 1. The summed E-state index contributed by atoms with van der Waals surface area (Å²) in [5, 5.41) is 3.31. The Bertz CT molecular complexity index is 229. The molecule has 0 amide bonds. The van der Waals surface area contributed by atoms with Gasteiger partial charge in [0.2, 0.25) is 0 Å². The highest BCUT2D eigenvalue weighted by molar-refractivity contribution is 5.91. The van der Waals surface area contributed by atoms with Crippen molar-refractivity contribution in [2.45, 2.75) is 19.3 Å². The molecule has 0 aromatic rings. The molecule has 2 aliphatic rings. The third-order valence-electron chi connectivity index (χ3n) is 2.71. The molecule has 1 aliphatic carbocycles. The van der Waals surface area contributed by atoms with Crippen molar-refractivity contribution in [3.8, 4) is 0 Å². The normalized spacial score (nSPS) is 24.5. The fourth-order valence-electron chi connectivity index (χ4n) is 1.98. The van der Waals surface area contributed by atoms with Crippen LogP contribution in [0, 0.1) is 0 Å². The quantitative estimate of drug-likeness (QED) is 0.639. The fraction of sp³-hybridized carbons (Fsp3) is 0.700. The number of nitrogens with zero attached hydrogens (tertiary/aromatic N) is 1. The van der Waals surface area contributed by atoms with E-state index in [2.05, 4.69) is 10.2 Å². The molecular weight excluding hydrogens is 164 g/mol. The van der Waals surface area contributed by atoms with Gasteiger partial charge in [-0.1, -0.05) is 0 Å².